The number of nitrogens with one attached hydrogen (secondary N) is 1. The van der Waals surface area contributed by atoms with Gasteiger partial charge in [-0.2, -0.15) is 0 Å². The Balaban J connectivity index is 2.22. The smallest absolute Gasteiger partial charge is 0.344 e. The van der Waals surface area contributed by atoms with E-state index in [0.29, 0.717) is 28.9 Å². The Bertz CT molecular complexity index is 415. The third-order valence-electron chi connectivity index (χ3n) is 2.07. The van der Waals surface area contributed by atoms with E-state index in [1.165, 1.54) is 6.07 Å². The fourth-order valence-corrected chi connectivity index (χ4v) is 1.67. The van der Waals surface area contributed by atoms with Gasteiger partial charge in [0.1, 0.15) is 12.4 Å². The van der Waals surface area contributed by atoms with Crippen LogP contribution >= 0.6 is 23.2 Å². The van der Waals surface area contributed by atoms with E-state index in [9.17, 15) is 4.79 Å². The van der Waals surface area contributed by atoms with Gasteiger partial charge in [-0.1, -0.05) is 23.2 Å². The van der Waals surface area contributed by atoms with Crippen molar-refractivity contribution in [3.63, 3.8) is 0 Å². The molecule has 1 aromatic rings. The zero-order valence-corrected chi connectivity index (χ0v) is 11.7. The van der Waals surface area contributed by atoms with E-state index in [4.69, 9.17) is 37.8 Å². The lowest BCUT2D eigenvalue weighted by molar-refractivity contribution is -0.145. The van der Waals surface area contributed by atoms with Crippen LogP contribution in [0.1, 0.15) is 0 Å². The number of ether oxygens (including phenoxy) is 2. The van der Waals surface area contributed by atoms with Gasteiger partial charge in [-0.3, -0.25) is 0 Å². The molecule has 106 valence electrons. The van der Waals surface area contributed by atoms with Gasteiger partial charge in [0.25, 0.3) is 0 Å². The first-order chi connectivity index (χ1) is 9.13. The van der Waals surface area contributed by atoms with Crippen LogP contribution in [0.25, 0.3) is 0 Å². The first kappa shape index (κ1) is 16.0. The Morgan fingerprint density at radius 3 is 2.79 bits per heavy atom. The normalized spacial score (nSPS) is 10.3. The average molecular weight is 308 g/mol. The molecule has 0 saturated heterocycles. The third-order valence-corrected chi connectivity index (χ3v) is 2.60. The molecule has 0 aliphatic carbocycles. The Kier molecular flexibility index (Phi) is 7.59. The summed E-state index contributed by atoms with van der Waals surface area (Å²) >= 11 is 11.6. The molecule has 0 bridgehead atoms. The van der Waals surface area contributed by atoms with E-state index < -0.39 is 5.97 Å². The Morgan fingerprint density at radius 2 is 2.11 bits per heavy atom. The number of halogens is 2. The summed E-state index contributed by atoms with van der Waals surface area (Å²) in [6.07, 6.45) is 0. The maximum Gasteiger partial charge on any atom is 0.344 e. The van der Waals surface area contributed by atoms with Gasteiger partial charge in [0, 0.05) is 18.1 Å². The molecule has 19 heavy (non-hydrogen) atoms. The van der Waals surface area contributed by atoms with Crippen LogP contribution in [0.3, 0.4) is 0 Å². The van der Waals surface area contributed by atoms with E-state index in [0.717, 1.165) is 0 Å². The molecule has 0 aliphatic heterocycles. The lowest BCUT2D eigenvalue weighted by Crippen LogP contribution is -2.25. The highest BCUT2D eigenvalue weighted by atomic mass is 35.5. The van der Waals surface area contributed by atoms with Crippen molar-refractivity contribution < 1.29 is 19.4 Å². The number of carbonyl (C=O) groups excluding carboxylic acids is 1. The van der Waals surface area contributed by atoms with Crippen molar-refractivity contribution in [3.8, 4) is 5.75 Å². The molecule has 7 heteroatoms. The summed E-state index contributed by atoms with van der Waals surface area (Å²) in [6.45, 7) is 0.993. The SMILES string of the molecule is O=C(COc1ccc(Cl)cc1Cl)OCCNCCO. The molecule has 0 saturated carbocycles. The van der Waals surface area contributed by atoms with Gasteiger partial charge in [0.15, 0.2) is 6.61 Å². The summed E-state index contributed by atoms with van der Waals surface area (Å²) in [5.41, 5.74) is 0. The van der Waals surface area contributed by atoms with Crippen LogP contribution in [0, 0.1) is 0 Å². The van der Waals surface area contributed by atoms with Gasteiger partial charge >= 0.3 is 5.97 Å². The molecular weight excluding hydrogens is 293 g/mol. The van der Waals surface area contributed by atoms with E-state index in [1.807, 2.05) is 0 Å². The first-order valence-electron chi connectivity index (χ1n) is 5.68. The summed E-state index contributed by atoms with van der Waals surface area (Å²) in [5.74, 6) is -0.113. The number of benzene rings is 1. The van der Waals surface area contributed by atoms with Gasteiger partial charge in [-0.25, -0.2) is 4.79 Å². The second kappa shape index (κ2) is 8.98. The average Bonchev–Trinajstić information content (AvgIpc) is 2.37. The maximum atomic E-state index is 11.3. The monoisotopic (exact) mass is 307 g/mol. The van der Waals surface area contributed by atoms with Crippen LogP contribution in [0.5, 0.6) is 5.75 Å². The van der Waals surface area contributed by atoms with Crippen molar-refractivity contribution in [2.24, 2.45) is 0 Å². The number of hydrogen-bond acceptors (Lipinski definition) is 5. The molecule has 0 amide bonds. The molecule has 0 spiro atoms. The van der Waals surface area contributed by atoms with Crippen molar-refractivity contribution in [2.75, 3.05) is 32.9 Å². The minimum Gasteiger partial charge on any atom is -0.480 e. The number of carbonyl (C=O) groups is 1. The zero-order valence-electron chi connectivity index (χ0n) is 10.2. The lowest BCUT2D eigenvalue weighted by atomic mass is 10.3. The second-order valence-corrected chi connectivity index (χ2v) is 4.40. The summed E-state index contributed by atoms with van der Waals surface area (Å²) < 4.78 is 10.1. The van der Waals surface area contributed by atoms with Crippen molar-refractivity contribution in [1.29, 1.82) is 0 Å². The second-order valence-electron chi connectivity index (χ2n) is 3.56. The molecule has 0 fully saturated rings. The largest absolute Gasteiger partial charge is 0.480 e. The first-order valence-corrected chi connectivity index (χ1v) is 6.44. The number of aliphatic hydroxyl groups is 1. The third kappa shape index (κ3) is 6.63. The highest BCUT2D eigenvalue weighted by molar-refractivity contribution is 6.35. The highest BCUT2D eigenvalue weighted by Gasteiger charge is 2.07. The molecule has 0 aromatic heterocycles. The van der Waals surface area contributed by atoms with Gasteiger partial charge < -0.3 is 19.9 Å². The van der Waals surface area contributed by atoms with Crippen molar-refractivity contribution in [1.82, 2.24) is 5.32 Å². The van der Waals surface area contributed by atoms with Gasteiger partial charge in [-0.15, -0.1) is 0 Å². The van der Waals surface area contributed by atoms with E-state index in [1.54, 1.807) is 12.1 Å². The standard InChI is InChI=1S/C12H15Cl2NO4/c13-9-1-2-11(10(14)7-9)19-8-12(17)18-6-4-15-3-5-16/h1-2,7,15-16H,3-6,8H2. The molecule has 0 heterocycles. The molecule has 0 aliphatic rings. The predicted octanol–water partition coefficient (Wildman–Crippen LogP) is 1.50. The van der Waals surface area contributed by atoms with E-state index in [-0.39, 0.29) is 19.8 Å². The fourth-order valence-electron chi connectivity index (χ4n) is 1.21. The van der Waals surface area contributed by atoms with Crippen molar-refractivity contribution >= 4 is 29.2 Å². The van der Waals surface area contributed by atoms with Crippen LogP contribution in [-0.2, 0) is 9.53 Å². The molecular formula is C12H15Cl2NO4. The van der Waals surface area contributed by atoms with Crippen molar-refractivity contribution in [3.05, 3.63) is 28.2 Å². The summed E-state index contributed by atoms with van der Waals surface area (Å²) in [5, 5.41) is 12.2. The van der Waals surface area contributed by atoms with Gasteiger partial charge in [0.2, 0.25) is 0 Å². The molecule has 1 aromatic carbocycles. The number of esters is 1. The molecule has 1 rings (SSSR count). The lowest BCUT2D eigenvalue weighted by Gasteiger charge is -2.08. The molecule has 0 radical (unpaired) electrons. The summed E-state index contributed by atoms with van der Waals surface area (Å²) in [6, 6.07) is 4.73. The van der Waals surface area contributed by atoms with E-state index in [2.05, 4.69) is 5.32 Å². The number of hydrogen-bond donors (Lipinski definition) is 2. The van der Waals surface area contributed by atoms with Crippen LogP contribution in [0.4, 0.5) is 0 Å². The number of rotatable bonds is 8. The van der Waals surface area contributed by atoms with Gasteiger partial charge in [-0.05, 0) is 18.2 Å². The fraction of sp³-hybridized carbons (Fsp3) is 0.417. The Labute approximate surface area is 121 Å². The maximum absolute atomic E-state index is 11.3. The van der Waals surface area contributed by atoms with Crippen LogP contribution < -0.4 is 10.1 Å². The zero-order chi connectivity index (χ0) is 14.1. The Hall–Kier alpha value is -1.01. The molecule has 0 unspecified atom stereocenters. The number of aliphatic hydroxyl groups excluding tert-OH is 1. The highest BCUT2D eigenvalue weighted by Crippen LogP contribution is 2.27. The topological polar surface area (TPSA) is 67.8 Å². The quantitative estimate of drug-likeness (QED) is 0.563. The predicted molar refractivity (Wildman–Crippen MR) is 72.9 cm³/mol. The molecule has 2 N–H and O–H groups in total. The van der Waals surface area contributed by atoms with Crippen molar-refractivity contribution in [2.45, 2.75) is 0 Å². The van der Waals surface area contributed by atoms with Crippen LogP contribution in [0.15, 0.2) is 18.2 Å². The minimum atomic E-state index is -0.489. The van der Waals surface area contributed by atoms with E-state index >= 15 is 0 Å². The van der Waals surface area contributed by atoms with Gasteiger partial charge in [0.05, 0.1) is 11.6 Å². The molecule has 0 atom stereocenters. The summed E-state index contributed by atoms with van der Waals surface area (Å²) in [7, 11) is 0. The Morgan fingerprint density at radius 1 is 1.32 bits per heavy atom. The minimum absolute atomic E-state index is 0.0477. The summed E-state index contributed by atoms with van der Waals surface area (Å²) in [4.78, 5) is 11.3. The van der Waals surface area contributed by atoms with Crippen LogP contribution in [-0.4, -0.2) is 44.0 Å². The van der Waals surface area contributed by atoms with Crippen LogP contribution in [0.2, 0.25) is 10.0 Å². The molecule has 5 nitrogen and oxygen atoms in total.